The fraction of sp³-hybridized carbons (Fsp3) is 0.267. The van der Waals surface area contributed by atoms with Crippen LogP contribution in [0.15, 0.2) is 35.9 Å². The van der Waals surface area contributed by atoms with Crippen LogP contribution in [-0.2, 0) is 0 Å². The second kappa shape index (κ2) is 5.32. The minimum atomic E-state index is 0.673. The van der Waals surface area contributed by atoms with E-state index in [0.29, 0.717) is 5.56 Å². The van der Waals surface area contributed by atoms with E-state index in [4.69, 9.17) is 0 Å². The first-order valence-corrected chi connectivity index (χ1v) is 5.65. The third-order valence-corrected chi connectivity index (χ3v) is 2.74. The average molecular weight is 210 g/mol. The molecule has 1 aliphatic rings. The van der Waals surface area contributed by atoms with Crippen LogP contribution in [0.2, 0.25) is 0 Å². The molecule has 80 valence electrons. The van der Waals surface area contributed by atoms with Crippen molar-refractivity contribution in [1.82, 2.24) is 0 Å². The Hall–Kier alpha value is -1.81. The molecule has 0 aromatic heterocycles. The van der Waals surface area contributed by atoms with Gasteiger partial charge in [0.1, 0.15) is 0 Å². The minimum Gasteiger partial charge on any atom is -0.298 e. The summed E-state index contributed by atoms with van der Waals surface area (Å²) < 4.78 is 0. The average Bonchev–Trinajstić information content (AvgIpc) is 2.38. The molecule has 0 saturated heterocycles. The normalized spacial score (nSPS) is 14.6. The van der Waals surface area contributed by atoms with E-state index in [1.807, 2.05) is 18.2 Å². The molecule has 0 aliphatic heterocycles. The molecule has 0 spiro atoms. The number of allylic oxidation sites excluding steroid dienone is 2. The molecule has 1 aromatic rings. The van der Waals surface area contributed by atoms with Gasteiger partial charge in [-0.15, -0.1) is 0 Å². The highest BCUT2D eigenvalue weighted by Gasteiger charge is 2.00. The van der Waals surface area contributed by atoms with E-state index in [1.54, 1.807) is 6.07 Å². The van der Waals surface area contributed by atoms with Gasteiger partial charge in [0.25, 0.3) is 0 Å². The van der Waals surface area contributed by atoms with Gasteiger partial charge >= 0.3 is 0 Å². The van der Waals surface area contributed by atoms with Gasteiger partial charge in [0.05, 0.1) is 0 Å². The number of carbonyl (C=O) groups is 1. The maximum atomic E-state index is 10.8. The fourth-order valence-corrected chi connectivity index (χ4v) is 1.81. The minimum absolute atomic E-state index is 0.673. The third kappa shape index (κ3) is 2.61. The van der Waals surface area contributed by atoms with E-state index in [0.717, 1.165) is 24.7 Å². The van der Waals surface area contributed by atoms with Crippen molar-refractivity contribution in [2.75, 3.05) is 0 Å². The first-order valence-electron chi connectivity index (χ1n) is 5.65. The topological polar surface area (TPSA) is 17.1 Å². The van der Waals surface area contributed by atoms with Crippen molar-refractivity contribution in [1.29, 1.82) is 0 Å². The number of rotatable bonds is 1. The van der Waals surface area contributed by atoms with Crippen LogP contribution in [0.1, 0.15) is 41.6 Å². The molecular formula is C15H14O. The maximum absolute atomic E-state index is 10.8. The summed E-state index contributed by atoms with van der Waals surface area (Å²) in [5.74, 6) is 6.25. The summed E-state index contributed by atoms with van der Waals surface area (Å²) in [6, 6.07) is 7.45. The fourth-order valence-electron chi connectivity index (χ4n) is 1.81. The Morgan fingerprint density at radius 1 is 1.12 bits per heavy atom. The van der Waals surface area contributed by atoms with Crippen molar-refractivity contribution in [2.24, 2.45) is 0 Å². The van der Waals surface area contributed by atoms with Crippen molar-refractivity contribution in [2.45, 2.75) is 25.7 Å². The molecule has 1 aromatic carbocycles. The Morgan fingerprint density at radius 3 is 2.75 bits per heavy atom. The lowest BCUT2D eigenvalue weighted by Crippen LogP contribution is -1.90. The lowest BCUT2D eigenvalue weighted by Gasteiger charge is -2.05. The molecule has 0 atom stereocenters. The lowest BCUT2D eigenvalue weighted by atomic mass is 9.99. The second-order valence-corrected chi connectivity index (χ2v) is 3.93. The first-order chi connectivity index (χ1) is 7.90. The van der Waals surface area contributed by atoms with Gasteiger partial charge in [-0.3, -0.25) is 4.79 Å². The number of benzene rings is 1. The van der Waals surface area contributed by atoms with Crippen molar-refractivity contribution in [3.8, 4) is 11.8 Å². The summed E-state index contributed by atoms with van der Waals surface area (Å²) in [4.78, 5) is 10.8. The molecule has 0 bridgehead atoms. The third-order valence-electron chi connectivity index (χ3n) is 2.74. The summed E-state index contributed by atoms with van der Waals surface area (Å²) >= 11 is 0. The van der Waals surface area contributed by atoms with Crippen LogP contribution in [0.3, 0.4) is 0 Å². The highest BCUT2D eigenvalue weighted by Crippen LogP contribution is 2.16. The van der Waals surface area contributed by atoms with E-state index >= 15 is 0 Å². The Bertz CT molecular complexity index is 472. The molecular weight excluding hydrogens is 196 g/mol. The molecule has 0 N–H and O–H groups in total. The molecule has 0 heterocycles. The summed E-state index contributed by atoms with van der Waals surface area (Å²) in [5.41, 5.74) is 2.71. The highest BCUT2D eigenvalue weighted by molar-refractivity contribution is 5.79. The van der Waals surface area contributed by atoms with E-state index in [1.165, 1.54) is 18.4 Å². The molecule has 0 amide bonds. The van der Waals surface area contributed by atoms with E-state index < -0.39 is 0 Å². The summed E-state index contributed by atoms with van der Waals surface area (Å²) in [5, 5.41) is 0. The molecule has 1 nitrogen and oxygen atoms in total. The van der Waals surface area contributed by atoms with Gasteiger partial charge in [0.2, 0.25) is 0 Å². The van der Waals surface area contributed by atoms with Gasteiger partial charge in [-0.1, -0.05) is 36.1 Å². The standard InChI is InChI=1S/C15H14O/c16-12-15-9-5-4-8-14(15)11-10-13-6-2-1-3-7-13/h4-6,8-9,12H,1-3,7H2. The number of hydrogen-bond donors (Lipinski definition) is 0. The van der Waals surface area contributed by atoms with Crippen LogP contribution in [0.25, 0.3) is 0 Å². The van der Waals surface area contributed by atoms with Crippen molar-refractivity contribution >= 4 is 6.29 Å². The van der Waals surface area contributed by atoms with Gasteiger partial charge in [-0.25, -0.2) is 0 Å². The van der Waals surface area contributed by atoms with E-state index in [-0.39, 0.29) is 0 Å². The number of hydrogen-bond acceptors (Lipinski definition) is 1. The predicted octanol–water partition coefficient (Wildman–Crippen LogP) is 3.35. The molecule has 0 radical (unpaired) electrons. The summed E-state index contributed by atoms with van der Waals surface area (Å²) in [6.07, 6.45) is 7.79. The largest absolute Gasteiger partial charge is 0.298 e. The van der Waals surface area contributed by atoms with Crippen LogP contribution >= 0.6 is 0 Å². The number of aldehydes is 1. The molecule has 0 saturated carbocycles. The van der Waals surface area contributed by atoms with Crippen LogP contribution in [0.4, 0.5) is 0 Å². The highest BCUT2D eigenvalue weighted by atomic mass is 16.1. The first kappa shape index (κ1) is 10.7. The number of carbonyl (C=O) groups excluding carboxylic acids is 1. The Kier molecular flexibility index (Phi) is 3.56. The predicted molar refractivity (Wildman–Crippen MR) is 65.3 cm³/mol. The monoisotopic (exact) mass is 210 g/mol. The van der Waals surface area contributed by atoms with E-state index in [9.17, 15) is 4.79 Å². The zero-order chi connectivity index (χ0) is 11.2. The molecule has 1 heteroatoms. The van der Waals surface area contributed by atoms with Crippen LogP contribution in [0, 0.1) is 11.8 Å². The van der Waals surface area contributed by atoms with Gasteiger partial charge in [0, 0.05) is 11.1 Å². The Balaban J connectivity index is 2.23. The van der Waals surface area contributed by atoms with Crippen molar-refractivity contribution in [3.63, 3.8) is 0 Å². The van der Waals surface area contributed by atoms with Gasteiger partial charge in [0.15, 0.2) is 6.29 Å². The lowest BCUT2D eigenvalue weighted by molar-refractivity contribution is 0.112. The van der Waals surface area contributed by atoms with Crippen molar-refractivity contribution < 1.29 is 4.79 Å². The summed E-state index contributed by atoms with van der Waals surface area (Å²) in [7, 11) is 0. The SMILES string of the molecule is O=Cc1ccccc1C#CC1=CCCCC1. The van der Waals surface area contributed by atoms with Gasteiger partial charge in [-0.05, 0) is 37.3 Å². The molecule has 2 rings (SSSR count). The quantitative estimate of drug-likeness (QED) is 0.513. The van der Waals surface area contributed by atoms with Crippen LogP contribution in [-0.4, -0.2) is 6.29 Å². The molecule has 0 fully saturated rings. The zero-order valence-corrected chi connectivity index (χ0v) is 9.20. The zero-order valence-electron chi connectivity index (χ0n) is 9.20. The van der Waals surface area contributed by atoms with E-state index in [2.05, 4.69) is 17.9 Å². The van der Waals surface area contributed by atoms with Crippen LogP contribution < -0.4 is 0 Å². The molecule has 1 aliphatic carbocycles. The van der Waals surface area contributed by atoms with Crippen molar-refractivity contribution in [3.05, 3.63) is 47.0 Å². The van der Waals surface area contributed by atoms with Crippen LogP contribution in [0.5, 0.6) is 0 Å². The Morgan fingerprint density at radius 2 is 2.00 bits per heavy atom. The second-order valence-electron chi connectivity index (χ2n) is 3.93. The Labute approximate surface area is 96.2 Å². The van der Waals surface area contributed by atoms with Gasteiger partial charge in [-0.2, -0.15) is 0 Å². The van der Waals surface area contributed by atoms with Gasteiger partial charge < -0.3 is 0 Å². The molecule has 16 heavy (non-hydrogen) atoms. The summed E-state index contributed by atoms with van der Waals surface area (Å²) in [6.45, 7) is 0. The molecule has 0 unspecified atom stereocenters. The smallest absolute Gasteiger partial charge is 0.151 e. The maximum Gasteiger partial charge on any atom is 0.151 e.